The molecule has 1 aliphatic heterocycles. The normalized spacial score (nSPS) is 14.9. The van der Waals surface area contributed by atoms with Gasteiger partial charge in [-0.1, -0.05) is 15.9 Å². The predicted molar refractivity (Wildman–Crippen MR) is 67.8 cm³/mol. The Hall–Kier alpha value is -1.70. The highest BCUT2D eigenvalue weighted by atomic mass is 79.9. The summed E-state index contributed by atoms with van der Waals surface area (Å²) < 4.78 is 48.0. The van der Waals surface area contributed by atoms with Crippen LogP contribution in [0.25, 0.3) is 0 Å². The molecule has 1 aromatic rings. The van der Waals surface area contributed by atoms with Crippen LogP contribution in [0.15, 0.2) is 34.7 Å². The number of halogens is 4. The Morgan fingerprint density at radius 2 is 2.05 bits per heavy atom. The van der Waals surface area contributed by atoms with E-state index < -0.39 is 17.6 Å². The summed E-state index contributed by atoms with van der Waals surface area (Å²) in [7, 11) is 0. The third-order valence-electron chi connectivity index (χ3n) is 2.40. The molecule has 0 aromatic heterocycles. The van der Waals surface area contributed by atoms with Crippen molar-refractivity contribution in [3.05, 3.63) is 40.3 Å². The molecule has 108 valence electrons. The number of amides is 1. The summed E-state index contributed by atoms with van der Waals surface area (Å²) in [6, 6.07) is 3.40. The molecule has 0 fully saturated rings. The lowest BCUT2D eigenvalue weighted by molar-refractivity contribution is -0.138. The second-order valence-corrected chi connectivity index (χ2v) is 4.70. The molecule has 20 heavy (non-hydrogen) atoms. The van der Waals surface area contributed by atoms with E-state index in [4.69, 9.17) is 9.47 Å². The van der Waals surface area contributed by atoms with Crippen LogP contribution < -0.4 is 5.32 Å². The van der Waals surface area contributed by atoms with Gasteiger partial charge in [0, 0.05) is 10.2 Å². The molecule has 0 unspecified atom stereocenters. The summed E-state index contributed by atoms with van der Waals surface area (Å²) >= 11 is 2.82. The van der Waals surface area contributed by atoms with Gasteiger partial charge in [-0.15, -0.1) is 0 Å². The first-order valence-corrected chi connectivity index (χ1v) is 6.30. The third kappa shape index (κ3) is 3.44. The minimum atomic E-state index is -4.51. The Labute approximate surface area is 120 Å². The molecule has 0 aliphatic carbocycles. The lowest BCUT2D eigenvalue weighted by atomic mass is 10.2. The first-order valence-electron chi connectivity index (χ1n) is 5.50. The van der Waals surface area contributed by atoms with Crippen LogP contribution in [0, 0.1) is 0 Å². The second kappa shape index (κ2) is 5.74. The number of benzene rings is 1. The number of hydrogen-bond donors (Lipinski definition) is 1. The van der Waals surface area contributed by atoms with E-state index in [0.717, 1.165) is 12.3 Å². The lowest BCUT2D eigenvalue weighted by Gasteiger charge is -2.16. The first kappa shape index (κ1) is 14.7. The van der Waals surface area contributed by atoms with Gasteiger partial charge in [-0.3, -0.25) is 4.79 Å². The van der Waals surface area contributed by atoms with Gasteiger partial charge >= 0.3 is 6.18 Å². The van der Waals surface area contributed by atoms with Crippen molar-refractivity contribution in [2.45, 2.75) is 6.18 Å². The van der Waals surface area contributed by atoms with E-state index in [9.17, 15) is 18.0 Å². The van der Waals surface area contributed by atoms with Crippen LogP contribution in [-0.4, -0.2) is 19.1 Å². The van der Waals surface area contributed by atoms with Gasteiger partial charge in [0.15, 0.2) is 0 Å². The number of hydrogen-bond acceptors (Lipinski definition) is 3. The average molecular weight is 352 g/mol. The first-order chi connectivity index (χ1) is 9.38. The minimum absolute atomic E-state index is 0.0144. The average Bonchev–Trinajstić information content (AvgIpc) is 2.40. The SMILES string of the molecule is O=C(Nc1ccc(Br)c(C(F)(F)F)c1)C1=COCCO1. The monoisotopic (exact) mass is 351 g/mol. The number of rotatable bonds is 2. The van der Waals surface area contributed by atoms with E-state index in [1.54, 1.807) is 0 Å². The molecule has 0 saturated carbocycles. The van der Waals surface area contributed by atoms with Gasteiger partial charge in [0.25, 0.3) is 5.91 Å². The lowest BCUT2D eigenvalue weighted by Crippen LogP contribution is -2.21. The minimum Gasteiger partial charge on any atom is -0.494 e. The van der Waals surface area contributed by atoms with E-state index in [1.165, 1.54) is 12.1 Å². The standard InChI is InChI=1S/C12H9BrF3NO3/c13-9-2-1-7(5-8(9)12(14,15)16)17-11(18)10-6-19-3-4-20-10/h1-2,5-6H,3-4H2,(H,17,18). The van der Waals surface area contributed by atoms with E-state index in [-0.39, 0.29) is 22.5 Å². The number of carbonyl (C=O) groups excluding carboxylic acids is 1. The molecule has 1 aliphatic rings. The van der Waals surface area contributed by atoms with Gasteiger partial charge in [0.1, 0.15) is 19.5 Å². The molecular weight excluding hydrogens is 343 g/mol. The highest BCUT2D eigenvalue weighted by Gasteiger charge is 2.33. The van der Waals surface area contributed by atoms with Gasteiger partial charge in [-0.25, -0.2) is 0 Å². The fourth-order valence-corrected chi connectivity index (χ4v) is 1.97. The number of anilines is 1. The topological polar surface area (TPSA) is 47.6 Å². The van der Waals surface area contributed by atoms with Crippen molar-refractivity contribution >= 4 is 27.5 Å². The van der Waals surface area contributed by atoms with Gasteiger partial charge in [-0.05, 0) is 18.2 Å². The molecule has 1 aromatic carbocycles. The fraction of sp³-hybridized carbons (Fsp3) is 0.250. The molecule has 4 nitrogen and oxygen atoms in total. The van der Waals surface area contributed by atoms with Crippen molar-refractivity contribution in [2.24, 2.45) is 0 Å². The van der Waals surface area contributed by atoms with E-state index in [2.05, 4.69) is 21.2 Å². The number of nitrogens with one attached hydrogen (secondary N) is 1. The van der Waals surface area contributed by atoms with Crippen LogP contribution >= 0.6 is 15.9 Å². The Bertz CT molecular complexity index is 557. The molecule has 8 heteroatoms. The van der Waals surface area contributed by atoms with E-state index in [0.29, 0.717) is 6.61 Å². The molecule has 2 rings (SSSR count). The largest absolute Gasteiger partial charge is 0.494 e. The van der Waals surface area contributed by atoms with Gasteiger partial charge in [-0.2, -0.15) is 13.2 Å². The molecule has 0 radical (unpaired) electrons. The summed E-state index contributed by atoms with van der Waals surface area (Å²) in [6.45, 7) is 0.542. The van der Waals surface area contributed by atoms with Crippen LogP contribution in [0.5, 0.6) is 0 Å². The number of ether oxygens (including phenoxy) is 2. The summed E-state index contributed by atoms with van der Waals surface area (Å²) in [6.07, 6.45) is -3.38. The Balaban J connectivity index is 2.18. The zero-order valence-corrected chi connectivity index (χ0v) is 11.5. The van der Waals surface area contributed by atoms with E-state index >= 15 is 0 Å². The zero-order valence-electron chi connectivity index (χ0n) is 9.96. The van der Waals surface area contributed by atoms with Crippen molar-refractivity contribution in [2.75, 3.05) is 18.5 Å². The quantitative estimate of drug-likeness (QED) is 0.889. The number of alkyl halides is 3. The van der Waals surface area contributed by atoms with Crippen molar-refractivity contribution < 1.29 is 27.4 Å². The van der Waals surface area contributed by atoms with Gasteiger partial charge in [0.05, 0.1) is 5.56 Å². The molecule has 0 atom stereocenters. The maximum Gasteiger partial charge on any atom is 0.417 e. The maximum absolute atomic E-state index is 12.7. The Kier molecular flexibility index (Phi) is 4.22. The molecule has 0 bridgehead atoms. The van der Waals surface area contributed by atoms with Gasteiger partial charge in [0.2, 0.25) is 5.76 Å². The van der Waals surface area contributed by atoms with Crippen molar-refractivity contribution in [3.63, 3.8) is 0 Å². The molecule has 1 amide bonds. The number of carbonyl (C=O) groups is 1. The summed E-state index contributed by atoms with van der Waals surface area (Å²) in [4.78, 5) is 11.7. The molecule has 0 spiro atoms. The zero-order chi connectivity index (χ0) is 14.8. The van der Waals surface area contributed by atoms with Crippen LogP contribution in [0.1, 0.15) is 5.56 Å². The maximum atomic E-state index is 12.7. The van der Waals surface area contributed by atoms with Crippen LogP contribution in [0.4, 0.5) is 18.9 Å². The van der Waals surface area contributed by atoms with E-state index in [1.807, 2.05) is 0 Å². The van der Waals surface area contributed by atoms with Crippen molar-refractivity contribution in [1.82, 2.24) is 0 Å². The fourth-order valence-electron chi connectivity index (χ4n) is 1.50. The second-order valence-electron chi connectivity index (χ2n) is 3.85. The Morgan fingerprint density at radius 3 is 2.65 bits per heavy atom. The molecular formula is C12H9BrF3NO3. The summed E-state index contributed by atoms with van der Waals surface area (Å²) in [5, 5.41) is 2.32. The van der Waals surface area contributed by atoms with Crippen LogP contribution in [0.2, 0.25) is 0 Å². The molecule has 1 heterocycles. The highest BCUT2D eigenvalue weighted by Crippen LogP contribution is 2.36. The van der Waals surface area contributed by atoms with Gasteiger partial charge < -0.3 is 14.8 Å². The van der Waals surface area contributed by atoms with Crippen molar-refractivity contribution in [1.29, 1.82) is 0 Å². The van der Waals surface area contributed by atoms with Crippen LogP contribution in [-0.2, 0) is 20.4 Å². The van der Waals surface area contributed by atoms with Crippen LogP contribution in [0.3, 0.4) is 0 Å². The smallest absolute Gasteiger partial charge is 0.417 e. The molecule has 1 N–H and O–H groups in total. The summed E-state index contributed by atoms with van der Waals surface area (Å²) in [5.41, 5.74) is -0.856. The predicted octanol–water partition coefficient (Wildman–Crippen LogP) is 3.29. The third-order valence-corrected chi connectivity index (χ3v) is 3.09. The molecule has 0 saturated heterocycles. The van der Waals surface area contributed by atoms with Crippen molar-refractivity contribution in [3.8, 4) is 0 Å². The Morgan fingerprint density at radius 1 is 1.30 bits per heavy atom. The highest BCUT2D eigenvalue weighted by molar-refractivity contribution is 9.10. The summed E-state index contributed by atoms with van der Waals surface area (Å²) in [5.74, 6) is -0.743.